The summed E-state index contributed by atoms with van der Waals surface area (Å²) in [4.78, 5) is 0. The van der Waals surface area contributed by atoms with Crippen LogP contribution in [0.1, 0.15) is 2.85 Å². The molecule has 20 N–H and O–H groups in total. The third-order valence-corrected chi connectivity index (χ3v) is 0. The van der Waals surface area contributed by atoms with Crippen molar-refractivity contribution >= 4 is 0 Å². The minimum Gasteiger partial charge on any atom is -1.00 e. The predicted molar refractivity (Wildman–Crippen MR) is 38.4 cm³/mol. The van der Waals surface area contributed by atoms with Gasteiger partial charge in [-0.15, -0.1) is 0 Å². The van der Waals surface area contributed by atoms with Crippen molar-refractivity contribution in [1.82, 2.24) is 0 Å². The molecule has 0 amide bonds. The van der Waals surface area contributed by atoms with E-state index in [0.717, 1.165) is 0 Å². The molecule has 0 fully saturated rings. The van der Waals surface area contributed by atoms with E-state index in [0.29, 0.717) is 0 Å². The van der Waals surface area contributed by atoms with E-state index in [9.17, 15) is 0 Å². The summed E-state index contributed by atoms with van der Waals surface area (Å²) >= 11 is 0. The van der Waals surface area contributed by atoms with Crippen LogP contribution in [0.3, 0.4) is 0 Å². The SMILES string of the molecule is O.O.O.O.O.O.O.O.O.O.[H-].[H-].[Na+].[Na+]. The molecule has 0 aliphatic rings. The molecule has 0 heterocycles. The molecule has 0 bridgehead atoms. The molecule has 84 valence electrons. The van der Waals surface area contributed by atoms with Crippen LogP contribution in [0.25, 0.3) is 0 Å². The predicted octanol–water partition coefficient (Wildman–Crippen LogP) is -14.0. The van der Waals surface area contributed by atoms with Gasteiger partial charge in [0.1, 0.15) is 0 Å². The summed E-state index contributed by atoms with van der Waals surface area (Å²) in [6.07, 6.45) is 0. The Morgan fingerprint density at radius 1 is 0.250 bits per heavy atom. The van der Waals surface area contributed by atoms with Crippen LogP contribution in [0.5, 0.6) is 0 Å². The topological polar surface area (TPSA) is 315 Å². The molecule has 0 radical (unpaired) electrons. The molecule has 0 saturated carbocycles. The molecule has 0 rings (SSSR count). The third kappa shape index (κ3) is 509. The van der Waals surface area contributed by atoms with Gasteiger partial charge < -0.3 is 57.6 Å². The summed E-state index contributed by atoms with van der Waals surface area (Å²) in [6.45, 7) is 0. The Hall–Kier alpha value is 1.60. The van der Waals surface area contributed by atoms with Crippen molar-refractivity contribution in [3.63, 3.8) is 0 Å². The smallest absolute Gasteiger partial charge is 1.00 e. The van der Waals surface area contributed by atoms with Crippen LogP contribution >= 0.6 is 0 Å². The quantitative estimate of drug-likeness (QED) is 0.348. The summed E-state index contributed by atoms with van der Waals surface area (Å²) in [6, 6.07) is 0. The minimum absolute atomic E-state index is 0. The molecule has 0 atom stereocenters. The van der Waals surface area contributed by atoms with E-state index < -0.39 is 0 Å². The zero-order valence-electron chi connectivity index (χ0n) is 9.00. The van der Waals surface area contributed by atoms with Crippen LogP contribution in [0.15, 0.2) is 0 Å². The molecule has 0 saturated heterocycles. The van der Waals surface area contributed by atoms with Crippen molar-refractivity contribution < 1.29 is 117 Å². The molecule has 0 aromatic carbocycles. The first-order chi connectivity index (χ1) is 0. The van der Waals surface area contributed by atoms with Crippen molar-refractivity contribution in [3.05, 3.63) is 0 Å². The van der Waals surface area contributed by atoms with Gasteiger partial charge in [-0.05, 0) is 0 Å². The standard InChI is InChI=1S/2Na.10H2O.2H/h;;10*1H2;;/q2*+1;;;;;;;;;;;2*-1. The number of hydrogen-bond donors (Lipinski definition) is 0. The van der Waals surface area contributed by atoms with E-state index in [4.69, 9.17) is 0 Å². The molecule has 0 aromatic heterocycles. The van der Waals surface area contributed by atoms with E-state index in [1.807, 2.05) is 0 Å². The van der Waals surface area contributed by atoms with Crippen LogP contribution in [-0.2, 0) is 0 Å². The maximum absolute atomic E-state index is 0. The Labute approximate surface area is 116 Å². The van der Waals surface area contributed by atoms with Gasteiger partial charge in [0.2, 0.25) is 0 Å². The van der Waals surface area contributed by atoms with Gasteiger partial charge in [0.05, 0.1) is 0 Å². The monoisotopic (exact) mass is 228 g/mol. The van der Waals surface area contributed by atoms with Crippen molar-refractivity contribution in [2.24, 2.45) is 0 Å². The third-order valence-electron chi connectivity index (χ3n) is 0. The Balaban J connectivity index is 0. The second-order valence-corrected chi connectivity index (χ2v) is 0. The van der Waals surface area contributed by atoms with Gasteiger partial charge in [-0.2, -0.15) is 0 Å². The van der Waals surface area contributed by atoms with Crippen LogP contribution in [0.2, 0.25) is 0 Å². The van der Waals surface area contributed by atoms with Gasteiger partial charge in [0, 0.05) is 0 Å². The second-order valence-electron chi connectivity index (χ2n) is 0. The van der Waals surface area contributed by atoms with Crippen LogP contribution in [0, 0.1) is 0 Å². The molecule has 12 heteroatoms. The molecule has 0 aliphatic heterocycles. The summed E-state index contributed by atoms with van der Waals surface area (Å²) in [5, 5.41) is 0. The van der Waals surface area contributed by atoms with Crippen molar-refractivity contribution in [3.8, 4) is 0 Å². The van der Waals surface area contributed by atoms with Crippen LogP contribution in [-0.4, -0.2) is 54.8 Å². The van der Waals surface area contributed by atoms with E-state index >= 15 is 0 Å². The molecule has 0 unspecified atom stereocenters. The Kier molecular flexibility index (Phi) is 46500. The molecule has 0 aromatic rings. The molecular formula is H22Na2O10. The Bertz CT molecular complexity index is 16.1. The van der Waals surface area contributed by atoms with E-state index in [-0.39, 0.29) is 117 Å². The fourth-order valence-electron chi connectivity index (χ4n) is 0. The second kappa shape index (κ2) is 662. The summed E-state index contributed by atoms with van der Waals surface area (Å²) < 4.78 is 0. The van der Waals surface area contributed by atoms with Gasteiger partial charge >= 0.3 is 59.1 Å². The van der Waals surface area contributed by atoms with Crippen LogP contribution in [0.4, 0.5) is 0 Å². The van der Waals surface area contributed by atoms with Crippen molar-refractivity contribution in [2.75, 3.05) is 0 Å². The molecule has 10 nitrogen and oxygen atoms in total. The first kappa shape index (κ1) is 843. The molecule has 0 aliphatic carbocycles. The largest absolute Gasteiger partial charge is 1.00 e. The summed E-state index contributed by atoms with van der Waals surface area (Å²) in [5.41, 5.74) is 0. The maximum atomic E-state index is 0. The van der Waals surface area contributed by atoms with Crippen molar-refractivity contribution in [2.45, 2.75) is 0 Å². The average molecular weight is 228 g/mol. The summed E-state index contributed by atoms with van der Waals surface area (Å²) in [7, 11) is 0. The average Bonchev–Trinajstić information content (AvgIpc) is 0. The van der Waals surface area contributed by atoms with Crippen molar-refractivity contribution in [1.29, 1.82) is 0 Å². The Morgan fingerprint density at radius 2 is 0.250 bits per heavy atom. The van der Waals surface area contributed by atoms with Gasteiger partial charge in [-0.1, -0.05) is 0 Å². The molecular weight excluding hydrogens is 206 g/mol. The van der Waals surface area contributed by atoms with Gasteiger partial charge in [-0.3, -0.25) is 0 Å². The minimum atomic E-state index is 0. The summed E-state index contributed by atoms with van der Waals surface area (Å²) in [5.74, 6) is 0. The van der Waals surface area contributed by atoms with Gasteiger partial charge in [0.25, 0.3) is 0 Å². The first-order valence-electron chi connectivity index (χ1n) is 0. The Morgan fingerprint density at radius 3 is 0.250 bits per heavy atom. The normalized spacial score (nSPS) is 0. The fourth-order valence-corrected chi connectivity index (χ4v) is 0. The molecule has 0 spiro atoms. The van der Waals surface area contributed by atoms with E-state index in [1.54, 1.807) is 0 Å². The van der Waals surface area contributed by atoms with E-state index in [1.165, 1.54) is 0 Å². The first-order valence-corrected chi connectivity index (χ1v) is 0. The van der Waals surface area contributed by atoms with E-state index in [2.05, 4.69) is 0 Å². The number of hydrogen-bond acceptors (Lipinski definition) is 0. The van der Waals surface area contributed by atoms with Crippen LogP contribution < -0.4 is 59.1 Å². The zero-order valence-corrected chi connectivity index (χ0v) is 11.0. The number of rotatable bonds is 0. The zero-order chi connectivity index (χ0) is 0. The maximum Gasteiger partial charge on any atom is 1.00 e. The molecule has 12 heavy (non-hydrogen) atoms. The van der Waals surface area contributed by atoms with Gasteiger partial charge in [-0.25, -0.2) is 0 Å². The van der Waals surface area contributed by atoms with Gasteiger partial charge in [0.15, 0.2) is 0 Å². The fraction of sp³-hybridized carbons (Fsp3) is 0.